The summed E-state index contributed by atoms with van der Waals surface area (Å²) in [6.07, 6.45) is 0.941. The van der Waals surface area contributed by atoms with Gasteiger partial charge in [-0.25, -0.2) is 0 Å². The van der Waals surface area contributed by atoms with E-state index in [2.05, 4.69) is 5.32 Å². The molecule has 3 rings (SSSR count). The molecule has 0 saturated carbocycles. The smallest absolute Gasteiger partial charge is 0.262 e. The fourth-order valence-electron chi connectivity index (χ4n) is 2.77. The quantitative estimate of drug-likeness (QED) is 0.863. The van der Waals surface area contributed by atoms with Crippen molar-refractivity contribution in [3.8, 4) is 23.3 Å². The lowest BCUT2D eigenvalue weighted by Gasteiger charge is -2.14. The molecular weight excluding hydrogens is 332 g/mol. The summed E-state index contributed by atoms with van der Waals surface area (Å²) in [6.45, 7) is 4.25. The molecule has 0 radical (unpaired) electrons. The maximum atomic E-state index is 12.2. The molecule has 0 bridgehead atoms. The van der Waals surface area contributed by atoms with Crippen molar-refractivity contribution in [1.82, 2.24) is 0 Å². The van der Waals surface area contributed by atoms with Crippen LogP contribution in [0.5, 0.6) is 17.2 Å². The van der Waals surface area contributed by atoms with E-state index in [1.54, 1.807) is 30.3 Å². The van der Waals surface area contributed by atoms with Crippen LogP contribution in [0.25, 0.3) is 0 Å². The Hall–Kier alpha value is -3.20. The summed E-state index contributed by atoms with van der Waals surface area (Å²) in [5.41, 5.74) is 2.18. The number of benzene rings is 2. The molecule has 0 fully saturated rings. The van der Waals surface area contributed by atoms with Crippen LogP contribution in [0, 0.1) is 11.3 Å². The topological polar surface area (TPSA) is 80.6 Å². The third-order valence-corrected chi connectivity index (χ3v) is 3.93. The first kappa shape index (κ1) is 17.6. The van der Waals surface area contributed by atoms with E-state index in [0.29, 0.717) is 29.4 Å². The Morgan fingerprint density at radius 1 is 1.31 bits per heavy atom. The molecule has 0 unspecified atom stereocenters. The van der Waals surface area contributed by atoms with Crippen molar-refractivity contribution in [1.29, 1.82) is 5.26 Å². The van der Waals surface area contributed by atoms with Gasteiger partial charge >= 0.3 is 0 Å². The number of nitrogens with one attached hydrogen (secondary N) is 1. The molecule has 1 heterocycles. The number of hydrogen-bond acceptors (Lipinski definition) is 5. The predicted octanol–water partition coefficient (Wildman–Crippen LogP) is 3.30. The van der Waals surface area contributed by atoms with Crippen LogP contribution < -0.4 is 19.5 Å². The van der Waals surface area contributed by atoms with Crippen molar-refractivity contribution in [3.05, 3.63) is 47.5 Å². The molecule has 6 nitrogen and oxygen atoms in total. The molecule has 1 aliphatic heterocycles. The molecule has 2 aromatic carbocycles. The van der Waals surface area contributed by atoms with E-state index >= 15 is 0 Å². The number of fused-ring (bicyclic) bond motifs is 1. The zero-order chi connectivity index (χ0) is 18.5. The van der Waals surface area contributed by atoms with E-state index < -0.39 is 0 Å². The van der Waals surface area contributed by atoms with Crippen LogP contribution in [0.1, 0.15) is 25.0 Å². The van der Waals surface area contributed by atoms with Crippen LogP contribution in [-0.4, -0.2) is 25.2 Å². The third-order valence-electron chi connectivity index (χ3n) is 3.93. The highest BCUT2D eigenvalue weighted by molar-refractivity contribution is 5.93. The van der Waals surface area contributed by atoms with Gasteiger partial charge in [-0.3, -0.25) is 4.79 Å². The Kier molecular flexibility index (Phi) is 5.28. The monoisotopic (exact) mass is 352 g/mol. The van der Waals surface area contributed by atoms with Crippen LogP contribution in [0.3, 0.4) is 0 Å². The van der Waals surface area contributed by atoms with E-state index in [1.807, 2.05) is 26.0 Å². The Morgan fingerprint density at radius 2 is 2.08 bits per heavy atom. The standard InChI is InChI=1S/C20H20N2O4/c1-3-24-19-9-15-8-13(2)26-18(15)10-17(19)22-20(23)12-25-16-6-4-14(11-21)5-7-16/h4-7,9-10,13H,3,8,12H2,1-2H3,(H,22,23)/t13-/m1/s1. The van der Waals surface area contributed by atoms with Crippen molar-refractivity contribution in [2.75, 3.05) is 18.5 Å². The van der Waals surface area contributed by atoms with Gasteiger partial charge in [-0.05, 0) is 44.2 Å². The highest BCUT2D eigenvalue weighted by atomic mass is 16.5. The normalized spacial score (nSPS) is 14.7. The molecule has 0 spiro atoms. The third kappa shape index (κ3) is 4.06. The van der Waals surface area contributed by atoms with Crippen LogP contribution in [0.4, 0.5) is 5.69 Å². The Balaban J connectivity index is 1.66. The predicted molar refractivity (Wildman–Crippen MR) is 96.7 cm³/mol. The lowest BCUT2D eigenvalue weighted by Crippen LogP contribution is -2.20. The van der Waals surface area contributed by atoms with Gasteiger partial charge in [0.2, 0.25) is 0 Å². The Morgan fingerprint density at radius 3 is 2.77 bits per heavy atom. The molecular formula is C20H20N2O4. The second kappa shape index (κ2) is 7.79. The molecule has 0 saturated heterocycles. The minimum atomic E-state index is -0.304. The molecule has 1 N–H and O–H groups in total. The minimum absolute atomic E-state index is 0.116. The molecule has 134 valence electrons. The Labute approximate surface area is 152 Å². The summed E-state index contributed by atoms with van der Waals surface area (Å²) < 4.78 is 16.8. The molecule has 1 amide bonds. The van der Waals surface area contributed by atoms with E-state index in [1.165, 1.54) is 0 Å². The first-order valence-electron chi connectivity index (χ1n) is 8.48. The van der Waals surface area contributed by atoms with E-state index in [4.69, 9.17) is 19.5 Å². The second-order valence-corrected chi connectivity index (χ2v) is 5.99. The van der Waals surface area contributed by atoms with Gasteiger partial charge in [0.05, 0.1) is 23.9 Å². The van der Waals surface area contributed by atoms with Crippen molar-refractivity contribution in [2.24, 2.45) is 0 Å². The second-order valence-electron chi connectivity index (χ2n) is 5.99. The summed E-state index contributed by atoms with van der Waals surface area (Å²) in [5, 5.41) is 11.6. The zero-order valence-electron chi connectivity index (χ0n) is 14.7. The van der Waals surface area contributed by atoms with E-state index in [-0.39, 0.29) is 18.6 Å². The Bertz CT molecular complexity index is 840. The lowest BCUT2D eigenvalue weighted by atomic mass is 10.1. The fraction of sp³-hybridized carbons (Fsp3) is 0.300. The van der Waals surface area contributed by atoms with E-state index in [9.17, 15) is 4.79 Å². The van der Waals surface area contributed by atoms with Crippen molar-refractivity contribution in [3.63, 3.8) is 0 Å². The van der Waals surface area contributed by atoms with Crippen LogP contribution in [0.15, 0.2) is 36.4 Å². The largest absolute Gasteiger partial charge is 0.492 e. The summed E-state index contributed by atoms with van der Waals surface area (Å²) >= 11 is 0. The average Bonchev–Trinajstić information content (AvgIpc) is 2.99. The van der Waals surface area contributed by atoms with Crippen LogP contribution in [-0.2, 0) is 11.2 Å². The van der Waals surface area contributed by atoms with Crippen molar-refractivity contribution in [2.45, 2.75) is 26.4 Å². The highest BCUT2D eigenvalue weighted by Gasteiger charge is 2.22. The van der Waals surface area contributed by atoms with E-state index in [0.717, 1.165) is 17.7 Å². The molecule has 6 heteroatoms. The molecule has 0 aromatic heterocycles. The number of anilines is 1. The first-order valence-corrected chi connectivity index (χ1v) is 8.48. The molecule has 0 aliphatic carbocycles. The molecule has 2 aromatic rings. The van der Waals surface area contributed by atoms with Crippen LogP contribution in [0.2, 0.25) is 0 Å². The fourth-order valence-corrected chi connectivity index (χ4v) is 2.77. The van der Waals surface area contributed by atoms with Gasteiger partial charge in [-0.15, -0.1) is 0 Å². The summed E-state index contributed by atoms with van der Waals surface area (Å²) in [4.78, 5) is 12.2. The van der Waals surface area contributed by atoms with Gasteiger partial charge in [0.15, 0.2) is 6.61 Å². The zero-order valence-corrected chi connectivity index (χ0v) is 14.7. The van der Waals surface area contributed by atoms with Crippen molar-refractivity contribution >= 4 is 11.6 Å². The molecule has 1 atom stereocenters. The highest BCUT2D eigenvalue weighted by Crippen LogP contribution is 2.38. The SMILES string of the molecule is CCOc1cc2c(cc1NC(=O)COc1ccc(C#N)cc1)O[C@H](C)C2. The van der Waals surface area contributed by atoms with Gasteiger partial charge in [0.1, 0.15) is 23.4 Å². The number of hydrogen-bond donors (Lipinski definition) is 1. The van der Waals surface area contributed by atoms with Crippen molar-refractivity contribution < 1.29 is 19.0 Å². The number of amides is 1. The maximum Gasteiger partial charge on any atom is 0.262 e. The van der Waals surface area contributed by atoms with Gasteiger partial charge in [-0.2, -0.15) is 5.26 Å². The van der Waals surface area contributed by atoms with Gasteiger partial charge in [0, 0.05) is 18.1 Å². The summed E-state index contributed by atoms with van der Waals surface area (Å²) in [5.74, 6) is 1.61. The minimum Gasteiger partial charge on any atom is -0.492 e. The summed E-state index contributed by atoms with van der Waals surface area (Å²) in [6, 6.07) is 12.3. The summed E-state index contributed by atoms with van der Waals surface area (Å²) in [7, 11) is 0. The molecule has 1 aliphatic rings. The number of nitrogens with zero attached hydrogens (tertiary/aromatic N) is 1. The first-order chi connectivity index (χ1) is 12.6. The number of nitriles is 1. The number of carbonyl (C=O) groups is 1. The van der Waals surface area contributed by atoms with Gasteiger partial charge in [-0.1, -0.05) is 0 Å². The maximum absolute atomic E-state index is 12.2. The van der Waals surface area contributed by atoms with Gasteiger partial charge < -0.3 is 19.5 Å². The number of carbonyl (C=O) groups excluding carboxylic acids is 1. The molecule has 26 heavy (non-hydrogen) atoms. The lowest BCUT2D eigenvalue weighted by molar-refractivity contribution is -0.118. The van der Waals surface area contributed by atoms with Crippen LogP contribution >= 0.6 is 0 Å². The average molecular weight is 352 g/mol. The number of rotatable bonds is 6. The number of ether oxygens (including phenoxy) is 3. The van der Waals surface area contributed by atoms with Gasteiger partial charge in [0.25, 0.3) is 5.91 Å².